The molecule has 0 saturated heterocycles. The highest BCUT2D eigenvalue weighted by Crippen LogP contribution is 2.39. The van der Waals surface area contributed by atoms with Gasteiger partial charge in [0.05, 0.1) is 30.8 Å². The summed E-state index contributed by atoms with van der Waals surface area (Å²) < 4.78 is 39.7. The lowest BCUT2D eigenvalue weighted by Crippen LogP contribution is -2.34. The van der Waals surface area contributed by atoms with Gasteiger partial charge in [-0.05, 0) is 62.4 Å². The molecule has 30 heavy (non-hydrogen) atoms. The summed E-state index contributed by atoms with van der Waals surface area (Å²) in [7, 11) is -0.786. The number of nitrogens with zero attached hydrogens (tertiary/aromatic N) is 1. The van der Waals surface area contributed by atoms with Gasteiger partial charge < -0.3 is 9.47 Å². The van der Waals surface area contributed by atoms with E-state index < -0.39 is 16.1 Å². The summed E-state index contributed by atoms with van der Waals surface area (Å²) >= 11 is 6.20. The average Bonchev–Trinajstić information content (AvgIpc) is 2.73. The van der Waals surface area contributed by atoms with Gasteiger partial charge in [0.2, 0.25) is 0 Å². The summed E-state index contributed by atoms with van der Waals surface area (Å²) in [5, 5.41) is 0.446. The van der Waals surface area contributed by atoms with Crippen molar-refractivity contribution in [1.29, 1.82) is 0 Å². The van der Waals surface area contributed by atoms with E-state index in [-0.39, 0.29) is 4.90 Å². The molecular weight excluding hydrogens is 422 g/mol. The van der Waals surface area contributed by atoms with Gasteiger partial charge in [0.25, 0.3) is 10.0 Å². The van der Waals surface area contributed by atoms with Gasteiger partial charge >= 0.3 is 0 Å². The molecule has 0 fully saturated rings. The molecule has 0 aliphatic heterocycles. The Morgan fingerprint density at radius 2 is 1.63 bits per heavy atom. The summed E-state index contributed by atoms with van der Waals surface area (Å²) in [5.41, 5.74) is 2.11. The molecular formula is C23H24ClNO4S. The Balaban J connectivity index is 2.21. The minimum Gasteiger partial charge on any atom is -0.497 e. The number of methoxy groups -OCH3 is 2. The average molecular weight is 446 g/mol. The van der Waals surface area contributed by atoms with Crippen LogP contribution in [0.15, 0.2) is 71.6 Å². The zero-order valence-electron chi connectivity index (χ0n) is 17.3. The fourth-order valence-corrected chi connectivity index (χ4v) is 5.11. The van der Waals surface area contributed by atoms with Crippen molar-refractivity contribution in [2.45, 2.75) is 24.8 Å². The first-order valence-corrected chi connectivity index (χ1v) is 11.2. The van der Waals surface area contributed by atoms with Crippen LogP contribution in [0.2, 0.25) is 5.02 Å². The fourth-order valence-electron chi connectivity index (χ4n) is 3.30. The highest BCUT2D eigenvalue weighted by molar-refractivity contribution is 7.92. The number of anilines is 1. The van der Waals surface area contributed by atoms with E-state index in [0.717, 1.165) is 5.56 Å². The molecule has 0 spiro atoms. The molecule has 5 nitrogen and oxygen atoms in total. The Bertz CT molecular complexity index is 1130. The van der Waals surface area contributed by atoms with E-state index in [2.05, 4.69) is 0 Å². The van der Waals surface area contributed by atoms with Crippen molar-refractivity contribution in [3.05, 3.63) is 82.9 Å². The van der Waals surface area contributed by atoms with Crippen LogP contribution in [0.25, 0.3) is 0 Å². The van der Waals surface area contributed by atoms with E-state index in [1.54, 1.807) is 80.9 Å². The molecule has 0 N–H and O–H groups in total. The number of hydrogen-bond donors (Lipinski definition) is 0. The Labute approximate surface area is 182 Å². The Morgan fingerprint density at radius 1 is 0.933 bits per heavy atom. The van der Waals surface area contributed by atoms with Gasteiger partial charge in [-0.1, -0.05) is 35.4 Å². The summed E-state index contributed by atoms with van der Waals surface area (Å²) in [6, 6.07) is 18.3. The van der Waals surface area contributed by atoms with Crippen LogP contribution < -0.4 is 13.8 Å². The van der Waals surface area contributed by atoms with Gasteiger partial charge in [0, 0.05) is 10.6 Å². The smallest absolute Gasteiger partial charge is 0.264 e. The van der Waals surface area contributed by atoms with Crippen molar-refractivity contribution in [2.24, 2.45) is 0 Å². The maximum Gasteiger partial charge on any atom is 0.264 e. The molecule has 3 aromatic rings. The second-order valence-electron chi connectivity index (χ2n) is 6.88. The lowest BCUT2D eigenvalue weighted by molar-refractivity contribution is 0.396. The Morgan fingerprint density at radius 3 is 2.23 bits per heavy atom. The van der Waals surface area contributed by atoms with Gasteiger partial charge in [-0.3, -0.25) is 4.31 Å². The van der Waals surface area contributed by atoms with Gasteiger partial charge in [-0.25, -0.2) is 8.42 Å². The van der Waals surface area contributed by atoms with E-state index in [0.29, 0.717) is 27.8 Å². The molecule has 0 amide bonds. The third-order valence-corrected chi connectivity index (χ3v) is 7.03. The molecule has 158 valence electrons. The molecule has 7 heteroatoms. The van der Waals surface area contributed by atoms with E-state index in [9.17, 15) is 8.42 Å². The lowest BCUT2D eigenvalue weighted by atomic mass is 10.1. The highest BCUT2D eigenvalue weighted by atomic mass is 35.5. The molecule has 0 heterocycles. The molecule has 0 bridgehead atoms. The van der Waals surface area contributed by atoms with Crippen LogP contribution >= 0.6 is 11.6 Å². The van der Waals surface area contributed by atoms with Crippen LogP contribution in [-0.2, 0) is 10.0 Å². The first kappa shape index (κ1) is 22.0. The molecule has 0 saturated carbocycles. The van der Waals surface area contributed by atoms with Crippen LogP contribution in [0.3, 0.4) is 0 Å². The van der Waals surface area contributed by atoms with Gasteiger partial charge in [0.15, 0.2) is 0 Å². The maximum atomic E-state index is 13.7. The normalized spacial score (nSPS) is 12.3. The van der Waals surface area contributed by atoms with Crippen molar-refractivity contribution in [1.82, 2.24) is 0 Å². The molecule has 0 aromatic heterocycles. The second kappa shape index (κ2) is 8.98. The zero-order valence-corrected chi connectivity index (χ0v) is 18.9. The lowest BCUT2D eigenvalue weighted by Gasteiger charge is -2.32. The Kier molecular flexibility index (Phi) is 6.58. The SMILES string of the molecule is COc1ccc(OC)c([C@H](C)N(c2cccc(Cl)c2)S(=O)(=O)c2ccc(C)cc2)c1. The first-order valence-electron chi connectivity index (χ1n) is 9.36. The topological polar surface area (TPSA) is 55.8 Å². The molecule has 3 aromatic carbocycles. The number of rotatable bonds is 7. The van der Waals surface area contributed by atoms with E-state index in [1.807, 2.05) is 13.8 Å². The summed E-state index contributed by atoms with van der Waals surface area (Å²) in [6.45, 7) is 3.72. The van der Waals surface area contributed by atoms with Crippen molar-refractivity contribution in [3.8, 4) is 11.5 Å². The number of halogens is 1. The van der Waals surface area contributed by atoms with Crippen LogP contribution in [-0.4, -0.2) is 22.6 Å². The van der Waals surface area contributed by atoms with Crippen molar-refractivity contribution in [2.75, 3.05) is 18.5 Å². The number of ether oxygens (including phenoxy) is 2. The van der Waals surface area contributed by atoms with Crippen LogP contribution in [0.4, 0.5) is 5.69 Å². The van der Waals surface area contributed by atoms with E-state index in [4.69, 9.17) is 21.1 Å². The zero-order chi connectivity index (χ0) is 21.9. The van der Waals surface area contributed by atoms with Gasteiger partial charge in [0.1, 0.15) is 11.5 Å². The second-order valence-corrected chi connectivity index (χ2v) is 9.13. The fraction of sp³-hybridized carbons (Fsp3) is 0.217. The third-order valence-electron chi connectivity index (χ3n) is 4.88. The summed E-state index contributed by atoms with van der Waals surface area (Å²) in [4.78, 5) is 0.196. The minimum atomic E-state index is -3.90. The number of aryl methyl sites for hydroxylation is 1. The number of benzene rings is 3. The van der Waals surface area contributed by atoms with Crippen LogP contribution in [0, 0.1) is 6.92 Å². The van der Waals surface area contributed by atoms with Gasteiger partial charge in [-0.15, -0.1) is 0 Å². The molecule has 0 radical (unpaired) electrons. The van der Waals surface area contributed by atoms with Crippen molar-refractivity contribution >= 4 is 27.3 Å². The van der Waals surface area contributed by atoms with Crippen LogP contribution in [0.1, 0.15) is 24.1 Å². The number of hydrogen-bond acceptors (Lipinski definition) is 4. The van der Waals surface area contributed by atoms with Crippen molar-refractivity contribution in [3.63, 3.8) is 0 Å². The predicted molar refractivity (Wildman–Crippen MR) is 120 cm³/mol. The molecule has 0 aliphatic rings. The quantitative estimate of drug-likeness (QED) is 0.473. The standard InChI is InChI=1S/C23H24ClNO4S/c1-16-8-11-21(12-9-16)30(26,27)25(19-7-5-6-18(24)14-19)17(2)22-15-20(28-3)10-13-23(22)29-4/h5-15,17H,1-4H3/t17-/m0/s1. The number of sulfonamides is 1. The molecule has 0 aliphatic carbocycles. The van der Waals surface area contributed by atoms with Gasteiger partial charge in [-0.2, -0.15) is 0 Å². The highest BCUT2D eigenvalue weighted by Gasteiger charge is 2.32. The maximum absolute atomic E-state index is 13.7. The molecule has 3 rings (SSSR count). The summed E-state index contributed by atoms with van der Waals surface area (Å²) in [6.07, 6.45) is 0. The monoisotopic (exact) mass is 445 g/mol. The largest absolute Gasteiger partial charge is 0.497 e. The van der Waals surface area contributed by atoms with E-state index >= 15 is 0 Å². The van der Waals surface area contributed by atoms with Crippen molar-refractivity contribution < 1.29 is 17.9 Å². The van der Waals surface area contributed by atoms with E-state index in [1.165, 1.54) is 4.31 Å². The summed E-state index contributed by atoms with van der Waals surface area (Å²) in [5.74, 6) is 1.17. The Hall–Kier alpha value is -2.70. The first-order chi connectivity index (χ1) is 14.3. The predicted octanol–water partition coefficient (Wildman–Crippen LogP) is 5.62. The third kappa shape index (κ3) is 4.40. The molecule has 1 atom stereocenters. The minimum absolute atomic E-state index is 0.196. The molecule has 0 unspecified atom stereocenters. The van der Waals surface area contributed by atoms with Crippen LogP contribution in [0.5, 0.6) is 11.5 Å².